The SMILES string of the molecule is CSc1ccc(C2=C3C=CC4=[N+]3C35n6c(ccc62)C(C)=C2C=CC(=[N+]23)C(c2ccc(C#Cc3ccc(C6=c7ccc8n7C79n%10c(ccc%10C(C)=C%10C=CC6=[N+]%107)C=C6[N+]9=C(C=8)CC6(C)C)cc3)cc2)=c2ccc(n25)=C4C)cc1. The van der Waals surface area contributed by atoms with Crippen LogP contribution in [0.5, 0.6) is 0 Å². The normalized spacial score (nSPS) is 23.4. The van der Waals surface area contributed by atoms with Gasteiger partial charge in [0.05, 0.1) is 66.3 Å². The lowest BCUT2D eigenvalue weighted by Crippen LogP contribution is -2.71. The van der Waals surface area contributed by atoms with Crippen molar-refractivity contribution >= 4 is 80.2 Å². The standard InChI is InChI=1S/C68H48N8S/c1-38-50-23-19-47-36-62-66(4,5)37-48-35-46-20-24-56-63(57-30-25-51(38)72(57)67(69(47)50,70(46)56)71(48)62)43-13-9-41(10-14-43)7-8-42-11-15-44(16-12-42)64-58-31-26-52-39(2)54-28-33-60-65(45-17-21-49(77-6)22-18-45)61-34-29-55-40(3)53-27-32-59(64)74(53)68(73(52)58,75(54)60)76(55)61/h9-36H,37H2,1-6H3/q+4. The number of nitrogens with zero attached hydrogens (tertiary/aromatic N) is 8. The van der Waals surface area contributed by atoms with E-state index < -0.39 is 11.8 Å². The van der Waals surface area contributed by atoms with Gasteiger partial charge in [-0.25, -0.2) is 0 Å². The van der Waals surface area contributed by atoms with E-state index in [1.54, 1.807) is 11.8 Å². The zero-order valence-corrected chi connectivity index (χ0v) is 44.2. The molecule has 7 aromatic rings. The number of hydrogen-bond acceptors (Lipinski definition) is 1. The Labute approximate surface area is 448 Å². The smallest absolute Gasteiger partial charge is 0.199 e. The average Bonchev–Trinajstić information content (AvgIpc) is 3.35. The third kappa shape index (κ3) is 4.39. The topological polar surface area (TPSA) is 31.8 Å². The van der Waals surface area contributed by atoms with E-state index in [4.69, 9.17) is 0 Å². The highest BCUT2D eigenvalue weighted by Gasteiger charge is 2.74. The molecule has 12 aliphatic heterocycles. The highest BCUT2D eigenvalue weighted by molar-refractivity contribution is 7.98. The third-order valence-electron chi connectivity index (χ3n) is 19.0. The Balaban J connectivity index is 0.716. The Kier molecular flexibility index (Phi) is 7.06. The molecule has 3 aromatic carbocycles. The molecule has 0 bridgehead atoms. The van der Waals surface area contributed by atoms with Crippen LogP contribution < -0.4 is 21.4 Å². The number of rotatable bonds is 4. The first-order chi connectivity index (χ1) is 37.6. The minimum absolute atomic E-state index is 0.00741. The van der Waals surface area contributed by atoms with Gasteiger partial charge in [-0.05, 0) is 142 Å². The molecular weight excluding hydrogens is 961 g/mol. The molecule has 0 saturated heterocycles. The summed E-state index contributed by atoms with van der Waals surface area (Å²) in [7, 11) is 0. The Hall–Kier alpha value is -8.97. The summed E-state index contributed by atoms with van der Waals surface area (Å²) in [5, 5.41) is 4.92. The van der Waals surface area contributed by atoms with E-state index in [0.717, 1.165) is 17.5 Å². The average molecular weight is 1010 g/mol. The molecule has 2 unspecified atom stereocenters. The molecule has 0 aliphatic carbocycles. The Bertz CT molecular complexity index is 4990. The lowest BCUT2D eigenvalue weighted by Gasteiger charge is -2.40. The molecule has 9 heteroatoms. The van der Waals surface area contributed by atoms with Crippen LogP contribution in [-0.2, 0) is 11.8 Å². The quantitative estimate of drug-likeness (QED) is 0.0995. The number of thioether (sulfide) groups is 1. The van der Waals surface area contributed by atoms with Crippen molar-refractivity contribution < 1.29 is 18.3 Å². The highest BCUT2D eigenvalue weighted by Crippen LogP contribution is 2.54. The largest absolute Gasteiger partial charge is 0.553 e. The molecule has 0 N–H and O–H groups in total. The van der Waals surface area contributed by atoms with Crippen molar-refractivity contribution in [1.82, 2.24) is 18.3 Å². The van der Waals surface area contributed by atoms with Gasteiger partial charge < -0.3 is 0 Å². The van der Waals surface area contributed by atoms with Gasteiger partial charge in [-0.15, -0.1) is 11.8 Å². The van der Waals surface area contributed by atoms with Gasteiger partial charge in [-0.3, -0.25) is 0 Å². The van der Waals surface area contributed by atoms with Crippen molar-refractivity contribution in [2.45, 2.75) is 57.8 Å². The molecule has 19 rings (SSSR count). The van der Waals surface area contributed by atoms with Gasteiger partial charge in [0.25, 0.3) is 0 Å². The van der Waals surface area contributed by atoms with E-state index in [1.807, 2.05) is 0 Å². The Morgan fingerprint density at radius 3 is 1.66 bits per heavy atom. The van der Waals surface area contributed by atoms with Crippen LogP contribution in [0, 0.1) is 17.3 Å². The van der Waals surface area contributed by atoms with Crippen LogP contribution in [0.25, 0.3) is 45.6 Å². The van der Waals surface area contributed by atoms with E-state index in [0.29, 0.717) is 0 Å². The van der Waals surface area contributed by atoms with Gasteiger partial charge >= 0.3 is 11.8 Å². The molecule has 0 saturated carbocycles. The van der Waals surface area contributed by atoms with Crippen LogP contribution in [0.3, 0.4) is 0 Å². The molecule has 4 aromatic heterocycles. The van der Waals surface area contributed by atoms with Crippen LogP contribution >= 0.6 is 11.8 Å². The fraction of sp³-hybridized carbons (Fsp3) is 0.147. The molecule has 362 valence electrons. The van der Waals surface area contributed by atoms with Crippen LogP contribution in [0.1, 0.15) is 91.6 Å². The van der Waals surface area contributed by atoms with Crippen LogP contribution in [0.15, 0.2) is 185 Å². The second-order valence-corrected chi connectivity index (χ2v) is 23.9. The van der Waals surface area contributed by atoms with Crippen LogP contribution in [0.4, 0.5) is 0 Å². The molecular formula is C68H48N8S+4. The summed E-state index contributed by atoms with van der Waals surface area (Å²) in [5.41, 5.74) is 28.4. The maximum atomic E-state index is 3.55. The van der Waals surface area contributed by atoms with Gasteiger partial charge in [0.2, 0.25) is 39.9 Å². The molecule has 77 heavy (non-hydrogen) atoms. The predicted octanol–water partition coefficient (Wildman–Crippen LogP) is 8.22. The number of hydrogen-bond donors (Lipinski definition) is 0. The fourth-order valence-corrected chi connectivity index (χ4v) is 16.3. The first-order valence-electron chi connectivity index (χ1n) is 26.9. The molecule has 16 heterocycles. The fourth-order valence-electron chi connectivity index (χ4n) is 15.9. The summed E-state index contributed by atoms with van der Waals surface area (Å²) < 4.78 is 21.1. The zero-order valence-electron chi connectivity index (χ0n) is 43.4. The summed E-state index contributed by atoms with van der Waals surface area (Å²) in [4.78, 5) is 1.27. The van der Waals surface area contributed by atoms with Crippen molar-refractivity contribution in [3.8, 4) is 11.8 Å². The molecule has 2 atom stereocenters. The maximum absolute atomic E-state index is 3.55. The van der Waals surface area contributed by atoms with Crippen molar-refractivity contribution in [3.63, 3.8) is 0 Å². The van der Waals surface area contributed by atoms with Gasteiger partial charge in [0, 0.05) is 87.8 Å². The predicted molar refractivity (Wildman–Crippen MR) is 305 cm³/mol. The molecule has 2 spiro atoms. The summed E-state index contributed by atoms with van der Waals surface area (Å²) >= 11 is 1.78. The first kappa shape index (κ1) is 41.3. The van der Waals surface area contributed by atoms with Crippen LogP contribution in [-0.4, -0.2) is 65.7 Å². The van der Waals surface area contributed by atoms with Crippen molar-refractivity contribution in [1.29, 1.82) is 0 Å². The van der Waals surface area contributed by atoms with Crippen LogP contribution in [0.2, 0.25) is 0 Å². The van der Waals surface area contributed by atoms with Gasteiger partial charge in [0.1, 0.15) is 0 Å². The summed E-state index contributed by atoms with van der Waals surface area (Å²) in [5.74, 6) is 5.79. The lowest BCUT2D eigenvalue weighted by molar-refractivity contribution is -0.837. The van der Waals surface area contributed by atoms with Crippen molar-refractivity contribution in [3.05, 3.63) is 253 Å². The van der Waals surface area contributed by atoms with E-state index in [-0.39, 0.29) is 5.41 Å². The molecule has 8 nitrogen and oxygen atoms in total. The van der Waals surface area contributed by atoms with Gasteiger partial charge in [-0.1, -0.05) is 66.5 Å². The number of aromatic nitrogens is 4. The number of benzene rings is 3. The Morgan fingerprint density at radius 2 is 0.987 bits per heavy atom. The maximum Gasteiger partial charge on any atom is 0.553 e. The monoisotopic (exact) mass is 1010 g/mol. The second kappa shape index (κ2) is 13.2. The van der Waals surface area contributed by atoms with Crippen molar-refractivity contribution in [2.24, 2.45) is 5.41 Å². The Morgan fingerprint density at radius 1 is 0.455 bits per heavy atom. The van der Waals surface area contributed by atoms with E-state index in [1.165, 1.54) is 145 Å². The molecule has 0 radical (unpaired) electrons. The third-order valence-corrected chi connectivity index (χ3v) is 19.7. The first-order valence-corrected chi connectivity index (χ1v) is 28.2. The molecule has 0 fully saturated rings. The molecule has 12 aliphatic rings. The van der Waals surface area contributed by atoms with Gasteiger partial charge in [0.15, 0.2) is 5.71 Å². The zero-order chi connectivity index (χ0) is 50.9. The summed E-state index contributed by atoms with van der Waals surface area (Å²) in [6.07, 6.45) is 22.1. The minimum Gasteiger partial charge on any atom is -0.199 e. The highest BCUT2D eigenvalue weighted by atomic mass is 32.2. The van der Waals surface area contributed by atoms with Crippen molar-refractivity contribution in [2.75, 3.05) is 6.26 Å². The second-order valence-electron chi connectivity index (χ2n) is 23.0. The minimum atomic E-state index is -0.713. The van der Waals surface area contributed by atoms with Gasteiger partial charge in [-0.2, -0.15) is 18.3 Å². The van der Waals surface area contributed by atoms with E-state index >= 15 is 0 Å². The summed E-state index contributed by atoms with van der Waals surface area (Å²) in [6, 6.07) is 45.7. The molecule has 0 amide bonds. The number of allylic oxidation sites excluding steroid dienone is 9. The summed E-state index contributed by atoms with van der Waals surface area (Å²) in [6.45, 7) is 11.7. The lowest BCUT2D eigenvalue weighted by atomic mass is 9.86. The van der Waals surface area contributed by atoms with E-state index in [9.17, 15) is 0 Å². The van der Waals surface area contributed by atoms with E-state index in [2.05, 4.69) is 259 Å².